The van der Waals surface area contributed by atoms with E-state index in [1.54, 1.807) is 6.26 Å². The Morgan fingerprint density at radius 3 is 3.15 bits per heavy atom. The van der Waals surface area contributed by atoms with Gasteiger partial charge < -0.3 is 14.5 Å². The molecule has 4 nitrogen and oxygen atoms in total. The van der Waals surface area contributed by atoms with Crippen LogP contribution in [0, 0.1) is 0 Å². The van der Waals surface area contributed by atoms with Crippen LogP contribution in [0.25, 0.3) is 0 Å². The Morgan fingerprint density at radius 1 is 1.62 bits per heavy atom. The molecule has 0 radical (unpaired) electrons. The molecule has 4 heteroatoms. The Hall–Kier alpha value is -1.03. The van der Waals surface area contributed by atoms with Crippen LogP contribution in [0.4, 0.5) is 0 Å². The van der Waals surface area contributed by atoms with Gasteiger partial charge in [-0.3, -0.25) is 0 Å². The summed E-state index contributed by atoms with van der Waals surface area (Å²) in [7, 11) is 1.87. The molecule has 0 aliphatic heterocycles. The average Bonchev–Trinajstić information content (AvgIpc) is 2.54. The first-order valence-corrected chi connectivity index (χ1v) is 4.58. The van der Waals surface area contributed by atoms with Gasteiger partial charge in [-0.15, -0.1) is 0 Å². The van der Waals surface area contributed by atoms with Crippen LogP contribution >= 0.6 is 0 Å². The number of hydrogen-bond donors (Lipinski definition) is 1. The minimum atomic E-state index is 0.374. The first-order chi connectivity index (χ1) is 6.36. The third kappa shape index (κ3) is 3.46. The lowest BCUT2D eigenvalue weighted by Crippen LogP contribution is -2.05. The highest BCUT2D eigenvalue weighted by Crippen LogP contribution is 2.10. The maximum absolute atomic E-state index is 5.27. The number of oxazole rings is 1. The zero-order valence-corrected chi connectivity index (χ0v) is 8.17. The minimum absolute atomic E-state index is 0.374. The van der Waals surface area contributed by atoms with E-state index in [0.717, 1.165) is 18.5 Å². The predicted molar refractivity (Wildman–Crippen MR) is 49.7 cm³/mol. The van der Waals surface area contributed by atoms with Crippen molar-refractivity contribution in [3.8, 4) is 6.08 Å². The molecular formula is C9H16N2O2. The van der Waals surface area contributed by atoms with Crippen molar-refractivity contribution in [3.63, 3.8) is 0 Å². The molecule has 0 aliphatic carbocycles. The predicted octanol–water partition coefficient (Wildman–Crippen LogP) is 1.57. The molecule has 0 spiro atoms. The van der Waals surface area contributed by atoms with Crippen LogP contribution in [-0.2, 0) is 6.54 Å². The van der Waals surface area contributed by atoms with Gasteiger partial charge in [-0.05, 0) is 13.5 Å². The van der Waals surface area contributed by atoms with E-state index in [9.17, 15) is 0 Å². The van der Waals surface area contributed by atoms with Gasteiger partial charge in [0.1, 0.15) is 6.26 Å². The van der Waals surface area contributed by atoms with Crippen LogP contribution in [0.1, 0.15) is 25.5 Å². The van der Waals surface area contributed by atoms with E-state index in [0.29, 0.717) is 19.2 Å². The lowest BCUT2D eigenvalue weighted by atomic mass is 10.4. The van der Waals surface area contributed by atoms with E-state index < -0.39 is 0 Å². The minimum Gasteiger partial charge on any atom is -0.450 e. The van der Waals surface area contributed by atoms with Gasteiger partial charge in [-0.25, -0.2) is 0 Å². The topological polar surface area (TPSA) is 47.3 Å². The third-order valence-corrected chi connectivity index (χ3v) is 1.61. The molecule has 1 heterocycles. The summed E-state index contributed by atoms with van der Waals surface area (Å²) in [6.07, 6.45) is 4.13. The molecule has 0 saturated heterocycles. The van der Waals surface area contributed by atoms with Crippen molar-refractivity contribution in [3.05, 3.63) is 12.0 Å². The quantitative estimate of drug-likeness (QED) is 0.682. The zero-order valence-electron chi connectivity index (χ0n) is 8.17. The number of nitrogens with zero attached hydrogens (tertiary/aromatic N) is 1. The van der Waals surface area contributed by atoms with Gasteiger partial charge >= 0.3 is 6.08 Å². The Bertz CT molecular complexity index is 235. The Kier molecular flexibility index (Phi) is 4.32. The Labute approximate surface area is 78.3 Å². The molecule has 1 aromatic heterocycles. The van der Waals surface area contributed by atoms with Gasteiger partial charge in [0, 0.05) is 6.54 Å². The van der Waals surface area contributed by atoms with Crippen LogP contribution in [-0.4, -0.2) is 18.6 Å². The smallest absolute Gasteiger partial charge is 0.393 e. The van der Waals surface area contributed by atoms with E-state index in [1.807, 2.05) is 7.05 Å². The molecule has 74 valence electrons. The highest BCUT2D eigenvalue weighted by Gasteiger charge is 2.02. The summed E-state index contributed by atoms with van der Waals surface area (Å²) in [4.78, 5) is 4.12. The van der Waals surface area contributed by atoms with Gasteiger partial charge in [0.2, 0.25) is 0 Å². The van der Waals surface area contributed by atoms with Gasteiger partial charge in [-0.1, -0.05) is 13.3 Å². The van der Waals surface area contributed by atoms with E-state index in [2.05, 4.69) is 17.2 Å². The monoisotopic (exact) mass is 184 g/mol. The van der Waals surface area contributed by atoms with E-state index >= 15 is 0 Å². The molecule has 0 amide bonds. The molecular weight excluding hydrogens is 168 g/mol. The van der Waals surface area contributed by atoms with Crippen molar-refractivity contribution < 1.29 is 9.15 Å². The first-order valence-electron chi connectivity index (χ1n) is 4.58. The molecule has 1 rings (SSSR count). The van der Waals surface area contributed by atoms with E-state index in [-0.39, 0.29) is 0 Å². The summed E-state index contributed by atoms with van der Waals surface area (Å²) in [5.74, 6) is 0. The van der Waals surface area contributed by atoms with E-state index in [4.69, 9.17) is 9.15 Å². The normalized spacial score (nSPS) is 10.3. The highest BCUT2D eigenvalue weighted by molar-refractivity contribution is 4.99. The standard InChI is InChI=1S/C9H16N2O2/c1-3-4-5-12-9-11-8(6-10-2)7-13-9/h7,10H,3-6H2,1-2H3. The van der Waals surface area contributed by atoms with Crippen LogP contribution < -0.4 is 10.1 Å². The van der Waals surface area contributed by atoms with Gasteiger partial charge in [-0.2, -0.15) is 4.98 Å². The van der Waals surface area contributed by atoms with Gasteiger partial charge in [0.05, 0.1) is 12.3 Å². The second kappa shape index (κ2) is 5.59. The number of aromatic nitrogens is 1. The molecule has 0 bridgehead atoms. The van der Waals surface area contributed by atoms with Crippen molar-refractivity contribution >= 4 is 0 Å². The molecule has 0 aliphatic rings. The summed E-state index contributed by atoms with van der Waals surface area (Å²) in [5.41, 5.74) is 0.869. The fourth-order valence-electron chi connectivity index (χ4n) is 0.921. The second-order valence-corrected chi connectivity index (χ2v) is 2.84. The number of nitrogens with one attached hydrogen (secondary N) is 1. The van der Waals surface area contributed by atoms with Crippen LogP contribution in [0.5, 0.6) is 6.08 Å². The molecule has 13 heavy (non-hydrogen) atoms. The number of rotatable bonds is 6. The van der Waals surface area contributed by atoms with E-state index in [1.165, 1.54) is 0 Å². The number of unbranched alkanes of at least 4 members (excludes halogenated alkanes) is 1. The third-order valence-electron chi connectivity index (χ3n) is 1.61. The fourth-order valence-corrected chi connectivity index (χ4v) is 0.921. The van der Waals surface area contributed by atoms with Crippen molar-refractivity contribution in [2.45, 2.75) is 26.3 Å². The number of hydrogen-bond acceptors (Lipinski definition) is 4. The molecule has 1 N–H and O–H groups in total. The zero-order chi connectivity index (χ0) is 9.52. The van der Waals surface area contributed by atoms with Crippen molar-refractivity contribution in [1.82, 2.24) is 10.3 Å². The summed E-state index contributed by atoms with van der Waals surface area (Å²) in [6.45, 7) is 3.50. The van der Waals surface area contributed by atoms with Crippen LogP contribution in [0.15, 0.2) is 10.7 Å². The Balaban J connectivity index is 2.31. The SMILES string of the molecule is CCCCOc1nc(CNC)co1. The summed E-state index contributed by atoms with van der Waals surface area (Å²) in [5, 5.41) is 2.99. The molecule has 1 aromatic rings. The second-order valence-electron chi connectivity index (χ2n) is 2.84. The van der Waals surface area contributed by atoms with Gasteiger partial charge in [0.15, 0.2) is 0 Å². The largest absolute Gasteiger partial charge is 0.450 e. The first kappa shape index (κ1) is 10.1. The molecule has 0 atom stereocenters. The highest BCUT2D eigenvalue weighted by atomic mass is 16.6. The van der Waals surface area contributed by atoms with Gasteiger partial charge in [0.25, 0.3) is 0 Å². The maximum Gasteiger partial charge on any atom is 0.393 e. The molecule has 0 unspecified atom stereocenters. The van der Waals surface area contributed by atoms with Crippen molar-refractivity contribution in [2.24, 2.45) is 0 Å². The summed E-state index contributed by atoms with van der Waals surface area (Å²) >= 11 is 0. The lowest BCUT2D eigenvalue weighted by Gasteiger charge is -1.97. The lowest BCUT2D eigenvalue weighted by molar-refractivity contribution is 0.226. The maximum atomic E-state index is 5.27. The van der Waals surface area contributed by atoms with Crippen LogP contribution in [0.3, 0.4) is 0 Å². The summed E-state index contributed by atoms with van der Waals surface area (Å²) in [6, 6.07) is 0. The van der Waals surface area contributed by atoms with Crippen LogP contribution in [0.2, 0.25) is 0 Å². The number of ether oxygens (including phenoxy) is 1. The molecule has 0 saturated carbocycles. The molecule has 0 fully saturated rings. The Morgan fingerprint density at radius 2 is 2.46 bits per heavy atom. The fraction of sp³-hybridized carbons (Fsp3) is 0.667. The van der Waals surface area contributed by atoms with Crippen molar-refractivity contribution in [1.29, 1.82) is 0 Å². The molecule has 0 aromatic carbocycles. The average molecular weight is 184 g/mol. The summed E-state index contributed by atoms with van der Waals surface area (Å²) < 4.78 is 10.4. The van der Waals surface area contributed by atoms with Crippen molar-refractivity contribution in [2.75, 3.05) is 13.7 Å².